The molecule has 3 aromatic rings. The number of barbiturate groups is 1. The van der Waals surface area contributed by atoms with E-state index < -0.39 is 33.5 Å². The molecule has 4 amide bonds. The SMILES string of the molecule is CCCOc1ccc(CN2C(=O)NC(=O)/C(=C\c3cc(Cl)ccc3OS(=O)(=O)c3ccc(C)cc3)C2=O)cc1OC. The van der Waals surface area contributed by atoms with E-state index in [2.05, 4.69) is 5.32 Å². The molecule has 0 saturated carbocycles. The fraction of sp³-hybridized carbons (Fsp3) is 0.207. The molecule has 1 N–H and O–H groups in total. The van der Waals surface area contributed by atoms with Crippen LogP contribution in [0.15, 0.2) is 71.1 Å². The number of rotatable bonds is 10. The van der Waals surface area contributed by atoms with Gasteiger partial charge in [-0.3, -0.25) is 19.8 Å². The van der Waals surface area contributed by atoms with E-state index in [-0.39, 0.29) is 27.8 Å². The van der Waals surface area contributed by atoms with Crippen LogP contribution >= 0.6 is 11.6 Å². The van der Waals surface area contributed by atoms with Crippen LogP contribution in [0.3, 0.4) is 0 Å². The number of carbonyl (C=O) groups is 3. The van der Waals surface area contributed by atoms with Crippen LogP contribution in [0.1, 0.15) is 30.0 Å². The van der Waals surface area contributed by atoms with Gasteiger partial charge in [-0.2, -0.15) is 8.42 Å². The number of aryl methyl sites for hydroxylation is 1. The van der Waals surface area contributed by atoms with Gasteiger partial charge in [-0.15, -0.1) is 0 Å². The number of hydrogen-bond donors (Lipinski definition) is 1. The number of carbonyl (C=O) groups excluding carboxylic acids is 3. The van der Waals surface area contributed by atoms with E-state index in [9.17, 15) is 22.8 Å². The van der Waals surface area contributed by atoms with E-state index in [1.807, 2.05) is 13.8 Å². The number of urea groups is 1. The summed E-state index contributed by atoms with van der Waals surface area (Å²) in [5, 5.41) is 2.34. The topological polar surface area (TPSA) is 128 Å². The lowest BCUT2D eigenvalue weighted by Gasteiger charge is -2.26. The smallest absolute Gasteiger partial charge is 0.339 e. The lowest BCUT2D eigenvalue weighted by atomic mass is 10.1. The first-order valence-electron chi connectivity index (χ1n) is 12.5. The third-order valence-electron chi connectivity index (χ3n) is 6.00. The zero-order chi connectivity index (χ0) is 29.7. The van der Waals surface area contributed by atoms with Crippen LogP contribution in [0.4, 0.5) is 4.79 Å². The molecule has 214 valence electrons. The quantitative estimate of drug-likeness (QED) is 0.199. The second-order valence-electron chi connectivity index (χ2n) is 9.07. The molecule has 1 saturated heterocycles. The van der Waals surface area contributed by atoms with Crippen molar-refractivity contribution < 1.29 is 36.5 Å². The third kappa shape index (κ3) is 6.87. The molecular weight excluding hydrogens is 572 g/mol. The van der Waals surface area contributed by atoms with Crippen LogP contribution in [0.25, 0.3) is 6.08 Å². The minimum Gasteiger partial charge on any atom is -0.493 e. The molecule has 0 aromatic heterocycles. The number of amides is 4. The Morgan fingerprint density at radius 2 is 1.66 bits per heavy atom. The molecule has 1 fully saturated rings. The van der Waals surface area contributed by atoms with Gasteiger partial charge in [-0.1, -0.05) is 42.3 Å². The van der Waals surface area contributed by atoms with Crippen molar-refractivity contribution in [3.8, 4) is 17.2 Å². The zero-order valence-corrected chi connectivity index (χ0v) is 24.0. The summed E-state index contributed by atoms with van der Waals surface area (Å²) in [4.78, 5) is 39.5. The Bertz CT molecular complexity index is 1630. The van der Waals surface area contributed by atoms with E-state index >= 15 is 0 Å². The predicted molar refractivity (Wildman–Crippen MR) is 151 cm³/mol. The van der Waals surface area contributed by atoms with Gasteiger partial charge in [-0.05, 0) is 67.4 Å². The Hall–Kier alpha value is -4.35. The molecule has 0 radical (unpaired) electrons. The summed E-state index contributed by atoms with van der Waals surface area (Å²) < 4.78 is 42.2. The highest BCUT2D eigenvalue weighted by atomic mass is 35.5. The van der Waals surface area contributed by atoms with Gasteiger partial charge in [-0.25, -0.2) is 4.79 Å². The van der Waals surface area contributed by atoms with Crippen molar-refractivity contribution in [1.82, 2.24) is 10.2 Å². The molecule has 4 rings (SSSR count). The molecule has 3 aromatic carbocycles. The van der Waals surface area contributed by atoms with Crippen molar-refractivity contribution in [1.29, 1.82) is 0 Å². The van der Waals surface area contributed by atoms with Gasteiger partial charge in [0.2, 0.25) is 0 Å². The van der Waals surface area contributed by atoms with Gasteiger partial charge in [0.05, 0.1) is 20.3 Å². The Balaban J connectivity index is 1.65. The maximum absolute atomic E-state index is 13.4. The number of halogens is 1. The van der Waals surface area contributed by atoms with Gasteiger partial charge < -0.3 is 13.7 Å². The van der Waals surface area contributed by atoms with Crippen LogP contribution in [-0.2, 0) is 26.3 Å². The number of nitrogens with zero attached hydrogens (tertiary/aromatic N) is 1. The van der Waals surface area contributed by atoms with Crippen molar-refractivity contribution in [2.24, 2.45) is 0 Å². The summed E-state index contributed by atoms with van der Waals surface area (Å²) in [5.74, 6) is -1.08. The van der Waals surface area contributed by atoms with Crippen molar-refractivity contribution in [2.45, 2.75) is 31.7 Å². The summed E-state index contributed by atoms with van der Waals surface area (Å²) in [6, 6.07) is 14.2. The fourth-order valence-electron chi connectivity index (χ4n) is 3.90. The third-order valence-corrected chi connectivity index (χ3v) is 7.48. The van der Waals surface area contributed by atoms with E-state index in [1.165, 1.54) is 37.4 Å². The first-order chi connectivity index (χ1) is 19.5. The average Bonchev–Trinajstić information content (AvgIpc) is 2.94. The van der Waals surface area contributed by atoms with E-state index in [1.54, 1.807) is 30.3 Å². The van der Waals surface area contributed by atoms with Gasteiger partial charge >= 0.3 is 16.1 Å². The number of hydrogen-bond acceptors (Lipinski definition) is 8. The molecule has 0 atom stereocenters. The molecule has 0 aliphatic carbocycles. The van der Waals surface area contributed by atoms with Gasteiger partial charge in [0, 0.05) is 10.6 Å². The van der Waals surface area contributed by atoms with Crippen molar-refractivity contribution in [3.63, 3.8) is 0 Å². The normalized spacial score (nSPS) is 14.7. The molecule has 0 bridgehead atoms. The Labute approximate surface area is 242 Å². The summed E-state index contributed by atoms with van der Waals surface area (Å²) in [6.45, 7) is 4.09. The number of nitrogens with one attached hydrogen (secondary N) is 1. The molecule has 1 aliphatic rings. The number of ether oxygens (including phenoxy) is 2. The predicted octanol–water partition coefficient (Wildman–Crippen LogP) is 4.88. The minimum absolute atomic E-state index is 0.0417. The summed E-state index contributed by atoms with van der Waals surface area (Å²) in [7, 11) is -2.78. The van der Waals surface area contributed by atoms with Crippen LogP contribution < -0.4 is 19.0 Å². The standard InChI is InChI=1S/C29H27ClN2O8S/c1-4-13-39-25-11-7-19(14-26(25)38-3)17-32-28(34)23(27(33)31-29(32)35)16-20-15-21(30)8-12-24(20)40-41(36,37)22-9-5-18(2)6-10-22/h5-12,14-16H,4,13,17H2,1-3H3,(H,31,33,35)/b23-16+. The highest BCUT2D eigenvalue weighted by Crippen LogP contribution is 2.31. The molecule has 1 aliphatic heterocycles. The molecular formula is C29H27ClN2O8S. The first-order valence-corrected chi connectivity index (χ1v) is 14.3. The fourth-order valence-corrected chi connectivity index (χ4v) is 5.03. The van der Waals surface area contributed by atoms with E-state index in [0.29, 0.717) is 23.7 Å². The number of benzene rings is 3. The highest BCUT2D eigenvalue weighted by Gasteiger charge is 2.36. The van der Waals surface area contributed by atoms with Gasteiger partial charge in [0.1, 0.15) is 16.2 Å². The Morgan fingerprint density at radius 3 is 2.34 bits per heavy atom. The molecule has 0 spiro atoms. The lowest BCUT2D eigenvalue weighted by Crippen LogP contribution is -2.53. The maximum atomic E-state index is 13.4. The van der Waals surface area contributed by atoms with Crippen LogP contribution in [0, 0.1) is 6.92 Å². The van der Waals surface area contributed by atoms with Crippen molar-refractivity contribution in [3.05, 3.63) is 87.9 Å². The number of methoxy groups -OCH3 is 1. The second kappa shape index (κ2) is 12.4. The molecule has 41 heavy (non-hydrogen) atoms. The van der Waals surface area contributed by atoms with Crippen molar-refractivity contribution in [2.75, 3.05) is 13.7 Å². The van der Waals surface area contributed by atoms with Crippen molar-refractivity contribution >= 4 is 45.6 Å². The second-order valence-corrected chi connectivity index (χ2v) is 11.1. The van der Waals surface area contributed by atoms with E-state index in [0.717, 1.165) is 23.0 Å². The molecule has 10 nitrogen and oxygen atoms in total. The van der Waals surface area contributed by atoms with Gasteiger partial charge in [0.15, 0.2) is 11.5 Å². The summed E-state index contributed by atoms with van der Waals surface area (Å²) in [6.07, 6.45) is 1.93. The monoisotopic (exact) mass is 598 g/mol. The largest absolute Gasteiger partial charge is 0.493 e. The van der Waals surface area contributed by atoms with Crippen LogP contribution in [0.2, 0.25) is 5.02 Å². The lowest BCUT2D eigenvalue weighted by molar-refractivity contribution is -0.130. The maximum Gasteiger partial charge on any atom is 0.339 e. The minimum atomic E-state index is -4.25. The average molecular weight is 599 g/mol. The van der Waals surface area contributed by atoms with Gasteiger partial charge in [0.25, 0.3) is 11.8 Å². The van der Waals surface area contributed by atoms with Crippen LogP contribution in [-0.4, -0.2) is 44.9 Å². The molecule has 1 heterocycles. The Kier molecular flexibility index (Phi) is 8.99. The molecule has 12 heteroatoms. The summed E-state index contributed by atoms with van der Waals surface area (Å²) in [5.41, 5.74) is 1.03. The van der Waals surface area contributed by atoms with Crippen LogP contribution in [0.5, 0.6) is 17.2 Å². The van der Waals surface area contributed by atoms with E-state index in [4.69, 9.17) is 25.3 Å². The molecule has 0 unspecified atom stereocenters. The highest BCUT2D eigenvalue weighted by molar-refractivity contribution is 7.87. The first kappa shape index (κ1) is 29.6. The Morgan fingerprint density at radius 1 is 0.951 bits per heavy atom. The zero-order valence-electron chi connectivity index (χ0n) is 22.5. The number of imide groups is 2. The summed E-state index contributed by atoms with van der Waals surface area (Å²) >= 11 is 6.14.